The molecule has 1 saturated heterocycles. The van der Waals surface area contributed by atoms with Crippen molar-refractivity contribution in [1.82, 2.24) is 14.9 Å². The van der Waals surface area contributed by atoms with Crippen LogP contribution in [0.2, 0.25) is 0 Å². The number of rotatable bonds is 4. The summed E-state index contributed by atoms with van der Waals surface area (Å²) in [6.45, 7) is 8.40. The number of carbonyl (C=O) groups excluding carboxylic acids is 1. The van der Waals surface area contributed by atoms with E-state index in [0.717, 1.165) is 49.4 Å². The predicted molar refractivity (Wildman–Crippen MR) is 90.7 cm³/mol. The second kappa shape index (κ2) is 6.43. The molecule has 2 N–H and O–H groups in total. The second-order valence-corrected chi connectivity index (χ2v) is 6.75. The van der Waals surface area contributed by atoms with Crippen LogP contribution in [0.15, 0.2) is 0 Å². The summed E-state index contributed by atoms with van der Waals surface area (Å²) in [6, 6.07) is 0.548. The van der Waals surface area contributed by atoms with Crippen LogP contribution in [0.3, 0.4) is 0 Å². The summed E-state index contributed by atoms with van der Waals surface area (Å²) >= 11 is 0. The number of aryl methyl sites for hydroxylation is 1. The molecular formula is C17H27N5O. The second-order valence-electron chi connectivity index (χ2n) is 6.75. The van der Waals surface area contributed by atoms with E-state index in [0.29, 0.717) is 18.4 Å². The minimum Gasteiger partial charge on any atom is -0.355 e. The summed E-state index contributed by atoms with van der Waals surface area (Å²) in [6.07, 6.45) is 4.37. The molecule has 6 nitrogen and oxygen atoms in total. The van der Waals surface area contributed by atoms with E-state index in [1.807, 2.05) is 25.7 Å². The maximum Gasteiger partial charge on any atom is 0.291 e. The standard InChI is InChI=1S/C17H27N5O/c1-4-22(14-6-5-7-14)17(23)15-19-12(3)11(2)16(20-15)21-9-8-13(18)10-21/h13-14H,4-10,18H2,1-3H3/t13-/m1/s1. The Morgan fingerprint density at radius 2 is 2.04 bits per heavy atom. The Morgan fingerprint density at radius 3 is 2.57 bits per heavy atom. The average molecular weight is 317 g/mol. The van der Waals surface area contributed by atoms with Crippen molar-refractivity contribution >= 4 is 11.7 Å². The lowest BCUT2D eigenvalue weighted by atomic mass is 9.91. The van der Waals surface area contributed by atoms with Crippen LogP contribution < -0.4 is 10.6 Å². The zero-order valence-electron chi connectivity index (χ0n) is 14.4. The highest BCUT2D eigenvalue weighted by molar-refractivity contribution is 5.91. The lowest BCUT2D eigenvalue weighted by Crippen LogP contribution is -2.44. The molecule has 2 fully saturated rings. The Hall–Kier alpha value is -1.69. The number of aromatic nitrogens is 2. The largest absolute Gasteiger partial charge is 0.355 e. The van der Waals surface area contributed by atoms with Crippen molar-refractivity contribution in [3.63, 3.8) is 0 Å². The van der Waals surface area contributed by atoms with Gasteiger partial charge in [0.15, 0.2) is 0 Å². The van der Waals surface area contributed by atoms with Crippen molar-refractivity contribution in [2.24, 2.45) is 5.73 Å². The molecule has 1 atom stereocenters. The maximum absolute atomic E-state index is 12.9. The highest BCUT2D eigenvalue weighted by Gasteiger charge is 2.31. The van der Waals surface area contributed by atoms with Gasteiger partial charge in [0.05, 0.1) is 0 Å². The summed E-state index contributed by atoms with van der Waals surface area (Å²) < 4.78 is 0. The normalized spacial score (nSPS) is 21.4. The van der Waals surface area contributed by atoms with E-state index in [1.54, 1.807) is 0 Å². The number of amides is 1. The molecule has 0 unspecified atom stereocenters. The molecule has 0 aromatic carbocycles. The van der Waals surface area contributed by atoms with Gasteiger partial charge < -0.3 is 15.5 Å². The minimum absolute atomic E-state index is 0.0370. The van der Waals surface area contributed by atoms with E-state index in [9.17, 15) is 4.79 Å². The van der Waals surface area contributed by atoms with Crippen molar-refractivity contribution < 1.29 is 4.79 Å². The Labute approximate surface area is 138 Å². The van der Waals surface area contributed by atoms with E-state index >= 15 is 0 Å². The summed E-state index contributed by atoms with van der Waals surface area (Å²) in [7, 11) is 0. The fourth-order valence-electron chi connectivity index (χ4n) is 3.39. The number of anilines is 1. The molecule has 1 aromatic heterocycles. The molecule has 2 heterocycles. The third-order valence-electron chi connectivity index (χ3n) is 5.20. The zero-order valence-corrected chi connectivity index (χ0v) is 14.4. The average Bonchev–Trinajstić information content (AvgIpc) is 2.91. The quantitative estimate of drug-likeness (QED) is 0.914. The summed E-state index contributed by atoms with van der Waals surface area (Å²) in [5, 5.41) is 0. The molecule has 0 radical (unpaired) electrons. The lowest BCUT2D eigenvalue weighted by molar-refractivity contribution is 0.0583. The lowest BCUT2D eigenvalue weighted by Gasteiger charge is -2.36. The van der Waals surface area contributed by atoms with Crippen LogP contribution >= 0.6 is 0 Å². The van der Waals surface area contributed by atoms with E-state index in [4.69, 9.17) is 5.73 Å². The van der Waals surface area contributed by atoms with Crippen molar-refractivity contribution in [1.29, 1.82) is 0 Å². The molecule has 1 aromatic rings. The van der Waals surface area contributed by atoms with Crippen LogP contribution in [0, 0.1) is 13.8 Å². The number of nitrogens with zero attached hydrogens (tertiary/aromatic N) is 4. The van der Waals surface area contributed by atoms with Gasteiger partial charge >= 0.3 is 0 Å². The fraction of sp³-hybridized carbons (Fsp3) is 0.706. The predicted octanol–water partition coefficient (Wildman–Crippen LogP) is 1.65. The van der Waals surface area contributed by atoms with Gasteiger partial charge in [-0.3, -0.25) is 4.79 Å². The first kappa shape index (κ1) is 16.2. The third kappa shape index (κ3) is 3.04. The van der Waals surface area contributed by atoms with Crippen LogP contribution in [0.4, 0.5) is 5.82 Å². The Bertz CT molecular complexity index is 599. The first-order valence-corrected chi connectivity index (χ1v) is 8.68. The van der Waals surface area contributed by atoms with Gasteiger partial charge in [0.2, 0.25) is 5.82 Å². The van der Waals surface area contributed by atoms with Crippen LogP contribution in [0.25, 0.3) is 0 Å². The summed E-state index contributed by atoms with van der Waals surface area (Å²) in [4.78, 5) is 26.1. The van der Waals surface area contributed by atoms with Crippen LogP contribution in [-0.4, -0.2) is 52.5 Å². The van der Waals surface area contributed by atoms with Crippen LogP contribution in [0.1, 0.15) is 54.5 Å². The topological polar surface area (TPSA) is 75.4 Å². The van der Waals surface area contributed by atoms with E-state index in [2.05, 4.69) is 14.9 Å². The van der Waals surface area contributed by atoms with Gasteiger partial charge in [0.25, 0.3) is 5.91 Å². The number of carbonyl (C=O) groups is 1. The summed E-state index contributed by atoms with van der Waals surface area (Å²) in [5.41, 5.74) is 7.95. The number of nitrogens with two attached hydrogens (primary N) is 1. The van der Waals surface area contributed by atoms with Gasteiger partial charge in [-0.05, 0) is 46.5 Å². The van der Waals surface area contributed by atoms with E-state index in [1.165, 1.54) is 6.42 Å². The smallest absolute Gasteiger partial charge is 0.291 e. The molecule has 23 heavy (non-hydrogen) atoms. The third-order valence-corrected chi connectivity index (χ3v) is 5.20. The van der Waals surface area contributed by atoms with Crippen LogP contribution in [0.5, 0.6) is 0 Å². The summed E-state index contributed by atoms with van der Waals surface area (Å²) in [5.74, 6) is 1.17. The molecule has 6 heteroatoms. The van der Waals surface area contributed by atoms with Gasteiger partial charge in [0, 0.05) is 43.0 Å². The van der Waals surface area contributed by atoms with E-state index < -0.39 is 0 Å². The van der Waals surface area contributed by atoms with Crippen LogP contribution in [-0.2, 0) is 0 Å². The Kier molecular flexibility index (Phi) is 4.53. The SMILES string of the molecule is CCN(C(=O)c1nc(C)c(C)c(N2CC[C@@H](N)C2)n1)C1CCC1. The zero-order chi connectivity index (χ0) is 16.6. The molecule has 126 valence electrons. The van der Waals surface area contributed by atoms with Crippen molar-refractivity contribution in [3.8, 4) is 0 Å². The molecule has 0 bridgehead atoms. The molecular weight excluding hydrogens is 290 g/mol. The Balaban J connectivity index is 1.90. The first-order chi connectivity index (χ1) is 11.0. The molecule has 0 spiro atoms. The Morgan fingerprint density at radius 1 is 1.30 bits per heavy atom. The number of hydrogen-bond acceptors (Lipinski definition) is 5. The monoisotopic (exact) mass is 317 g/mol. The van der Waals surface area contributed by atoms with Crippen molar-refractivity contribution in [2.75, 3.05) is 24.5 Å². The minimum atomic E-state index is -0.0370. The molecule has 3 rings (SSSR count). The van der Waals surface area contributed by atoms with Crippen molar-refractivity contribution in [3.05, 3.63) is 17.1 Å². The van der Waals surface area contributed by atoms with Gasteiger partial charge in [-0.2, -0.15) is 0 Å². The van der Waals surface area contributed by atoms with Gasteiger partial charge in [-0.25, -0.2) is 9.97 Å². The number of hydrogen-bond donors (Lipinski definition) is 1. The molecule has 1 saturated carbocycles. The highest BCUT2D eigenvalue weighted by atomic mass is 16.2. The molecule has 1 amide bonds. The molecule has 1 aliphatic heterocycles. The highest BCUT2D eigenvalue weighted by Crippen LogP contribution is 2.27. The molecule has 2 aliphatic rings. The fourth-order valence-corrected chi connectivity index (χ4v) is 3.39. The first-order valence-electron chi connectivity index (χ1n) is 8.68. The van der Waals surface area contributed by atoms with Gasteiger partial charge in [0.1, 0.15) is 5.82 Å². The molecule has 1 aliphatic carbocycles. The van der Waals surface area contributed by atoms with Gasteiger partial charge in [-0.15, -0.1) is 0 Å². The van der Waals surface area contributed by atoms with Crippen molar-refractivity contribution in [2.45, 2.75) is 58.5 Å². The maximum atomic E-state index is 12.9. The van der Waals surface area contributed by atoms with E-state index in [-0.39, 0.29) is 11.9 Å². The van der Waals surface area contributed by atoms with Gasteiger partial charge in [-0.1, -0.05) is 0 Å².